The fourth-order valence-corrected chi connectivity index (χ4v) is 3.03. The number of benzene rings is 2. The molecule has 0 saturated heterocycles. The largest absolute Gasteiger partial charge is 0.298 e. The Kier molecular flexibility index (Phi) is 2.92. The SMILES string of the molecule is CC1C(c2ccccc2)c2ccccc2CN1C. The number of hydrogen-bond acceptors (Lipinski definition) is 1. The van der Waals surface area contributed by atoms with Gasteiger partial charge in [-0.05, 0) is 30.7 Å². The first-order chi connectivity index (χ1) is 8.77. The molecule has 0 bridgehead atoms. The average molecular weight is 237 g/mol. The smallest absolute Gasteiger partial charge is 0.0246 e. The zero-order valence-corrected chi connectivity index (χ0v) is 11.0. The molecule has 0 saturated carbocycles. The highest BCUT2D eigenvalue weighted by atomic mass is 15.1. The van der Waals surface area contributed by atoms with E-state index in [1.807, 2.05) is 0 Å². The monoisotopic (exact) mass is 237 g/mol. The van der Waals surface area contributed by atoms with Gasteiger partial charge in [-0.3, -0.25) is 4.90 Å². The number of hydrogen-bond donors (Lipinski definition) is 0. The minimum absolute atomic E-state index is 0.487. The quantitative estimate of drug-likeness (QED) is 0.731. The molecule has 92 valence electrons. The fourth-order valence-electron chi connectivity index (χ4n) is 3.03. The van der Waals surface area contributed by atoms with Crippen LogP contribution in [-0.2, 0) is 6.54 Å². The van der Waals surface area contributed by atoms with E-state index in [1.165, 1.54) is 16.7 Å². The Morgan fingerprint density at radius 1 is 0.944 bits per heavy atom. The van der Waals surface area contributed by atoms with Crippen LogP contribution in [0.25, 0.3) is 0 Å². The molecule has 1 aliphatic heterocycles. The molecule has 2 atom stereocenters. The maximum atomic E-state index is 2.44. The van der Waals surface area contributed by atoms with E-state index in [-0.39, 0.29) is 0 Å². The molecule has 0 fully saturated rings. The summed E-state index contributed by atoms with van der Waals surface area (Å²) in [6.07, 6.45) is 0. The Balaban J connectivity index is 2.12. The van der Waals surface area contributed by atoms with Crippen LogP contribution in [0.2, 0.25) is 0 Å². The zero-order valence-electron chi connectivity index (χ0n) is 11.0. The lowest BCUT2D eigenvalue weighted by molar-refractivity contribution is 0.212. The number of fused-ring (bicyclic) bond motifs is 1. The van der Waals surface area contributed by atoms with Gasteiger partial charge in [0, 0.05) is 18.5 Å². The third kappa shape index (κ3) is 1.85. The Hall–Kier alpha value is -1.60. The van der Waals surface area contributed by atoms with Crippen LogP contribution < -0.4 is 0 Å². The standard InChI is InChI=1S/C17H19N/c1-13-17(14-8-4-3-5-9-14)16-11-7-6-10-15(16)12-18(13)2/h3-11,13,17H,12H2,1-2H3. The zero-order chi connectivity index (χ0) is 12.5. The van der Waals surface area contributed by atoms with Crippen molar-refractivity contribution in [2.75, 3.05) is 7.05 Å². The number of nitrogens with zero attached hydrogens (tertiary/aromatic N) is 1. The van der Waals surface area contributed by atoms with Gasteiger partial charge in [0.05, 0.1) is 0 Å². The molecule has 0 amide bonds. The van der Waals surface area contributed by atoms with E-state index >= 15 is 0 Å². The van der Waals surface area contributed by atoms with Crippen molar-refractivity contribution in [1.29, 1.82) is 0 Å². The minimum atomic E-state index is 0.487. The van der Waals surface area contributed by atoms with E-state index in [1.54, 1.807) is 0 Å². The van der Waals surface area contributed by atoms with Gasteiger partial charge in [-0.2, -0.15) is 0 Å². The van der Waals surface area contributed by atoms with Gasteiger partial charge < -0.3 is 0 Å². The average Bonchev–Trinajstić information content (AvgIpc) is 2.41. The highest BCUT2D eigenvalue weighted by Gasteiger charge is 2.30. The first-order valence-electron chi connectivity index (χ1n) is 6.60. The summed E-state index contributed by atoms with van der Waals surface area (Å²) in [5, 5.41) is 0. The summed E-state index contributed by atoms with van der Waals surface area (Å²) in [4.78, 5) is 2.44. The Morgan fingerprint density at radius 2 is 1.61 bits per heavy atom. The molecule has 0 aromatic heterocycles. The molecule has 1 nitrogen and oxygen atoms in total. The summed E-state index contributed by atoms with van der Waals surface area (Å²) in [6.45, 7) is 3.38. The van der Waals surface area contributed by atoms with E-state index in [0.29, 0.717) is 12.0 Å². The maximum absolute atomic E-state index is 2.44. The molecule has 2 aromatic rings. The van der Waals surface area contributed by atoms with Crippen LogP contribution in [-0.4, -0.2) is 18.0 Å². The summed E-state index contributed by atoms with van der Waals surface area (Å²) < 4.78 is 0. The fraction of sp³-hybridized carbons (Fsp3) is 0.294. The molecule has 18 heavy (non-hydrogen) atoms. The molecule has 2 unspecified atom stereocenters. The van der Waals surface area contributed by atoms with Crippen molar-refractivity contribution >= 4 is 0 Å². The van der Waals surface area contributed by atoms with Gasteiger partial charge in [0.1, 0.15) is 0 Å². The predicted molar refractivity (Wildman–Crippen MR) is 75.7 cm³/mol. The van der Waals surface area contributed by atoms with Crippen molar-refractivity contribution in [3.05, 3.63) is 71.3 Å². The summed E-state index contributed by atoms with van der Waals surface area (Å²) in [5.74, 6) is 0.487. The van der Waals surface area contributed by atoms with Gasteiger partial charge in [-0.15, -0.1) is 0 Å². The highest BCUT2D eigenvalue weighted by Crippen LogP contribution is 2.36. The van der Waals surface area contributed by atoms with Crippen molar-refractivity contribution in [2.45, 2.75) is 25.4 Å². The second-order valence-corrected chi connectivity index (χ2v) is 5.24. The Morgan fingerprint density at radius 3 is 2.39 bits per heavy atom. The van der Waals surface area contributed by atoms with Crippen LogP contribution in [0, 0.1) is 0 Å². The van der Waals surface area contributed by atoms with E-state index in [9.17, 15) is 0 Å². The summed E-state index contributed by atoms with van der Waals surface area (Å²) in [7, 11) is 2.22. The van der Waals surface area contributed by atoms with Crippen molar-refractivity contribution in [1.82, 2.24) is 4.90 Å². The normalized spacial score (nSPS) is 23.7. The van der Waals surface area contributed by atoms with Gasteiger partial charge in [-0.25, -0.2) is 0 Å². The molecule has 0 aliphatic carbocycles. The van der Waals surface area contributed by atoms with Gasteiger partial charge in [-0.1, -0.05) is 54.6 Å². The summed E-state index contributed by atoms with van der Waals surface area (Å²) in [5.41, 5.74) is 4.38. The van der Waals surface area contributed by atoms with E-state index in [2.05, 4.69) is 73.5 Å². The van der Waals surface area contributed by atoms with E-state index in [0.717, 1.165) is 6.54 Å². The highest BCUT2D eigenvalue weighted by molar-refractivity contribution is 5.41. The van der Waals surface area contributed by atoms with Crippen LogP contribution in [0.3, 0.4) is 0 Å². The first-order valence-corrected chi connectivity index (χ1v) is 6.60. The third-order valence-electron chi connectivity index (χ3n) is 4.15. The van der Waals surface area contributed by atoms with Crippen LogP contribution in [0.1, 0.15) is 29.5 Å². The van der Waals surface area contributed by atoms with Crippen molar-refractivity contribution in [2.24, 2.45) is 0 Å². The maximum Gasteiger partial charge on any atom is 0.0246 e. The van der Waals surface area contributed by atoms with Gasteiger partial charge in [0.15, 0.2) is 0 Å². The molecule has 0 N–H and O–H groups in total. The van der Waals surface area contributed by atoms with Gasteiger partial charge in [0.2, 0.25) is 0 Å². The molecule has 1 aliphatic rings. The molecule has 0 spiro atoms. The predicted octanol–water partition coefficient (Wildman–Crippen LogP) is 3.65. The topological polar surface area (TPSA) is 3.24 Å². The molecule has 0 radical (unpaired) electrons. The van der Waals surface area contributed by atoms with Crippen LogP contribution in [0.15, 0.2) is 54.6 Å². The van der Waals surface area contributed by atoms with E-state index < -0.39 is 0 Å². The lowest BCUT2D eigenvalue weighted by atomic mass is 9.80. The van der Waals surface area contributed by atoms with Crippen molar-refractivity contribution in [3.8, 4) is 0 Å². The summed E-state index contributed by atoms with van der Waals surface area (Å²) in [6, 6.07) is 20.3. The lowest BCUT2D eigenvalue weighted by Crippen LogP contribution is -2.39. The van der Waals surface area contributed by atoms with E-state index in [4.69, 9.17) is 0 Å². The molecular weight excluding hydrogens is 218 g/mol. The van der Waals surface area contributed by atoms with Gasteiger partial charge >= 0.3 is 0 Å². The van der Waals surface area contributed by atoms with Crippen LogP contribution in [0.4, 0.5) is 0 Å². The molecule has 1 heterocycles. The van der Waals surface area contributed by atoms with Crippen molar-refractivity contribution < 1.29 is 0 Å². The molecule has 1 heteroatoms. The lowest BCUT2D eigenvalue weighted by Gasteiger charge is -2.39. The summed E-state index contributed by atoms with van der Waals surface area (Å²) >= 11 is 0. The first kappa shape index (κ1) is 11.5. The van der Waals surface area contributed by atoms with Crippen LogP contribution in [0.5, 0.6) is 0 Å². The molecular formula is C17H19N. The Labute approximate surface area is 109 Å². The minimum Gasteiger partial charge on any atom is -0.298 e. The Bertz CT molecular complexity index is 532. The molecule has 2 aromatic carbocycles. The van der Waals surface area contributed by atoms with Crippen LogP contribution >= 0.6 is 0 Å². The molecule has 3 rings (SSSR count). The second kappa shape index (κ2) is 4.58. The van der Waals surface area contributed by atoms with Gasteiger partial charge in [0.25, 0.3) is 0 Å². The van der Waals surface area contributed by atoms with Crippen molar-refractivity contribution in [3.63, 3.8) is 0 Å². The second-order valence-electron chi connectivity index (χ2n) is 5.24. The number of likely N-dealkylation sites (N-methyl/N-ethyl adjacent to an activating group) is 1. The third-order valence-corrected chi connectivity index (χ3v) is 4.15. The number of rotatable bonds is 1.